The lowest BCUT2D eigenvalue weighted by molar-refractivity contribution is -0.134. The quantitative estimate of drug-likeness (QED) is 0.336. The van der Waals surface area contributed by atoms with Crippen molar-refractivity contribution >= 4 is 5.97 Å². The van der Waals surface area contributed by atoms with E-state index in [0.29, 0.717) is 19.6 Å². The zero-order valence-electron chi connectivity index (χ0n) is 8.53. The lowest BCUT2D eigenvalue weighted by atomic mass is 10.3. The third-order valence-corrected chi connectivity index (χ3v) is 1.52. The topological polar surface area (TPSA) is 67.8 Å². The third kappa shape index (κ3) is 7.57. The van der Waals surface area contributed by atoms with Crippen molar-refractivity contribution in [2.75, 3.05) is 27.4 Å². The number of rotatable bonds is 7. The van der Waals surface area contributed by atoms with E-state index in [-0.39, 0.29) is 0 Å². The fourth-order valence-corrected chi connectivity index (χ4v) is 0.804. The van der Waals surface area contributed by atoms with Crippen LogP contribution in [0.4, 0.5) is 0 Å². The number of carbonyl (C=O) groups excluding carboxylic acids is 1. The molecule has 82 valence electrons. The molecule has 0 aromatic heterocycles. The Morgan fingerprint density at radius 1 is 1.57 bits per heavy atom. The molecule has 5 nitrogen and oxygen atoms in total. The second-order valence-electron chi connectivity index (χ2n) is 2.71. The SMILES string of the molecule is COCC(O)CCN/C=C/C(=O)OC. The molecule has 5 heteroatoms. The van der Waals surface area contributed by atoms with Crippen molar-refractivity contribution in [2.24, 2.45) is 0 Å². The summed E-state index contributed by atoms with van der Waals surface area (Å²) < 4.78 is 9.13. The van der Waals surface area contributed by atoms with Gasteiger partial charge in [0.25, 0.3) is 0 Å². The summed E-state index contributed by atoms with van der Waals surface area (Å²) >= 11 is 0. The highest BCUT2D eigenvalue weighted by Crippen LogP contribution is 1.89. The lowest BCUT2D eigenvalue weighted by Crippen LogP contribution is -2.20. The lowest BCUT2D eigenvalue weighted by Gasteiger charge is -2.08. The van der Waals surface area contributed by atoms with Crippen LogP contribution in [-0.2, 0) is 14.3 Å². The zero-order valence-corrected chi connectivity index (χ0v) is 8.53. The molecule has 0 rings (SSSR count). The molecule has 0 spiro atoms. The predicted octanol–water partition coefficient (Wildman–Crippen LogP) is -0.340. The normalized spacial score (nSPS) is 12.8. The first-order valence-corrected chi connectivity index (χ1v) is 4.35. The second-order valence-corrected chi connectivity index (χ2v) is 2.71. The molecule has 0 bridgehead atoms. The molecule has 0 radical (unpaired) electrons. The molecule has 1 atom stereocenters. The first-order chi connectivity index (χ1) is 6.70. The molecule has 0 aliphatic carbocycles. The molecule has 0 aromatic rings. The number of aliphatic hydroxyl groups excluding tert-OH is 1. The van der Waals surface area contributed by atoms with Crippen LogP contribution in [0.2, 0.25) is 0 Å². The Balaban J connectivity index is 3.37. The summed E-state index contributed by atoms with van der Waals surface area (Å²) in [6, 6.07) is 0. The molecular weight excluding hydrogens is 186 g/mol. The standard InChI is InChI=1S/C9H17NO4/c1-13-7-8(11)3-5-10-6-4-9(12)14-2/h4,6,8,10-11H,3,5,7H2,1-2H3/b6-4+. The molecule has 0 aliphatic rings. The highest BCUT2D eigenvalue weighted by atomic mass is 16.5. The number of hydrogen-bond acceptors (Lipinski definition) is 5. The van der Waals surface area contributed by atoms with Crippen LogP contribution < -0.4 is 5.32 Å². The van der Waals surface area contributed by atoms with E-state index < -0.39 is 12.1 Å². The fraction of sp³-hybridized carbons (Fsp3) is 0.667. The highest BCUT2D eigenvalue weighted by molar-refractivity contribution is 5.81. The summed E-state index contributed by atoms with van der Waals surface area (Å²) in [5, 5.41) is 12.1. The molecule has 1 unspecified atom stereocenters. The third-order valence-electron chi connectivity index (χ3n) is 1.52. The van der Waals surface area contributed by atoms with Gasteiger partial charge in [0.05, 0.1) is 19.8 Å². The van der Waals surface area contributed by atoms with E-state index in [0.717, 1.165) is 0 Å². The zero-order chi connectivity index (χ0) is 10.8. The first kappa shape index (κ1) is 12.9. The minimum absolute atomic E-state index is 0.322. The predicted molar refractivity (Wildman–Crippen MR) is 51.7 cm³/mol. The summed E-state index contributed by atoms with van der Waals surface area (Å²) in [7, 11) is 2.85. The number of ether oxygens (including phenoxy) is 2. The van der Waals surface area contributed by atoms with Gasteiger partial charge in [0, 0.05) is 25.9 Å². The van der Waals surface area contributed by atoms with E-state index in [1.54, 1.807) is 0 Å². The van der Waals surface area contributed by atoms with E-state index in [2.05, 4.69) is 10.1 Å². The molecular formula is C9H17NO4. The van der Waals surface area contributed by atoms with E-state index in [9.17, 15) is 9.90 Å². The summed E-state index contributed by atoms with van der Waals surface area (Å²) in [4.78, 5) is 10.6. The summed E-state index contributed by atoms with van der Waals surface area (Å²) in [6.45, 7) is 0.903. The van der Waals surface area contributed by atoms with Gasteiger partial charge >= 0.3 is 5.97 Å². The van der Waals surface area contributed by atoms with E-state index in [1.165, 1.54) is 26.5 Å². The Bertz CT molecular complexity index is 182. The number of esters is 1. The van der Waals surface area contributed by atoms with Crippen molar-refractivity contribution in [3.05, 3.63) is 12.3 Å². The number of hydrogen-bond donors (Lipinski definition) is 2. The van der Waals surface area contributed by atoms with Crippen molar-refractivity contribution in [2.45, 2.75) is 12.5 Å². The first-order valence-electron chi connectivity index (χ1n) is 4.35. The minimum atomic E-state index is -0.473. The van der Waals surface area contributed by atoms with Crippen molar-refractivity contribution in [3.63, 3.8) is 0 Å². The second kappa shape index (κ2) is 8.52. The van der Waals surface area contributed by atoms with Crippen molar-refractivity contribution in [1.82, 2.24) is 5.32 Å². The van der Waals surface area contributed by atoms with E-state index in [4.69, 9.17) is 4.74 Å². The fourth-order valence-electron chi connectivity index (χ4n) is 0.804. The average Bonchev–Trinajstić information content (AvgIpc) is 2.17. The highest BCUT2D eigenvalue weighted by Gasteiger charge is 2.00. The number of aliphatic hydroxyl groups is 1. The number of nitrogens with one attached hydrogen (secondary N) is 1. The van der Waals surface area contributed by atoms with Gasteiger partial charge in [0.1, 0.15) is 0 Å². The maximum Gasteiger partial charge on any atom is 0.331 e. The molecule has 0 aromatic carbocycles. The summed E-state index contributed by atoms with van der Waals surface area (Å²) in [6.07, 6.45) is 2.87. The van der Waals surface area contributed by atoms with Gasteiger partial charge in [-0.2, -0.15) is 0 Å². The molecule has 0 amide bonds. The molecule has 0 saturated carbocycles. The Hall–Kier alpha value is -1.07. The molecule has 0 heterocycles. The smallest absolute Gasteiger partial charge is 0.331 e. The Labute approximate surface area is 83.7 Å². The monoisotopic (exact) mass is 203 g/mol. The maximum absolute atomic E-state index is 10.6. The van der Waals surface area contributed by atoms with Crippen LogP contribution in [0, 0.1) is 0 Å². The van der Waals surface area contributed by atoms with Gasteiger partial charge in [-0.3, -0.25) is 0 Å². The van der Waals surface area contributed by atoms with Gasteiger partial charge in [-0.05, 0) is 6.42 Å². The summed E-state index contributed by atoms with van der Waals surface area (Å²) in [5.74, 6) is -0.407. The average molecular weight is 203 g/mol. The maximum atomic E-state index is 10.6. The summed E-state index contributed by atoms with van der Waals surface area (Å²) in [5.41, 5.74) is 0. The van der Waals surface area contributed by atoms with E-state index >= 15 is 0 Å². The van der Waals surface area contributed by atoms with Crippen LogP contribution >= 0.6 is 0 Å². The van der Waals surface area contributed by atoms with Crippen molar-refractivity contribution in [3.8, 4) is 0 Å². The van der Waals surface area contributed by atoms with Crippen LogP contribution in [0.25, 0.3) is 0 Å². The molecule has 2 N–H and O–H groups in total. The Morgan fingerprint density at radius 3 is 2.86 bits per heavy atom. The molecule has 0 aliphatic heterocycles. The van der Waals surface area contributed by atoms with Crippen LogP contribution in [-0.4, -0.2) is 44.6 Å². The van der Waals surface area contributed by atoms with Crippen molar-refractivity contribution < 1.29 is 19.4 Å². The molecule has 0 fully saturated rings. The van der Waals surface area contributed by atoms with Gasteiger partial charge in [-0.1, -0.05) is 0 Å². The van der Waals surface area contributed by atoms with Gasteiger partial charge in [0.2, 0.25) is 0 Å². The molecule has 0 saturated heterocycles. The minimum Gasteiger partial charge on any atom is -0.466 e. The Kier molecular flexibility index (Phi) is 7.87. The number of methoxy groups -OCH3 is 2. The largest absolute Gasteiger partial charge is 0.466 e. The van der Waals surface area contributed by atoms with Crippen molar-refractivity contribution in [1.29, 1.82) is 0 Å². The van der Waals surface area contributed by atoms with Gasteiger partial charge in [-0.25, -0.2) is 4.79 Å². The molecule has 14 heavy (non-hydrogen) atoms. The van der Waals surface area contributed by atoms with Crippen LogP contribution in [0.1, 0.15) is 6.42 Å². The van der Waals surface area contributed by atoms with Crippen LogP contribution in [0.15, 0.2) is 12.3 Å². The number of carbonyl (C=O) groups is 1. The van der Waals surface area contributed by atoms with Gasteiger partial charge in [-0.15, -0.1) is 0 Å². The van der Waals surface area contributed by atoms with E-state index in [1.807, 2.05) is 0 Å². The van der Waals surface area contributed by atoms with Crippen LogP contribution in [0.3, 0.4) is 0 Å². The van der Waals surface area contributed by atoms with Crippen LogP contribution in [0.5, 0.6) is 0 Å². The van der Waals surface area contributed by atoms with Gasteiger partial charge in [0.15, 0.2) is 0 Å². The van der Waals surface area contributed by atoms with Gasteiger partial charge < -0.3 is 19.9 Å². The Morgan fingerprint density at radius 2 is 2.29 bits per heavy atom.